The molecule has 20 heavy (non-hydrogen) atoms. The van der Waals surface area contributed by atoms with Crippen LogP contribution in [0.1, 0.15) is 32.8 Å². The molecule has 3 heteroatoms. The van der Waals surface area contributed by atoms with Gasteiger partial charge in [0.15, 0.2) is 11.5 Å². The van der Waals surface area contributed by atoms with Crippen molar-refractivity contribution in [3.05, 3.63) is 47.2 Å². The van der Waals surface area contributed by atoms with E-state index in [1.54, 1.807) is 6.92 Å². The van der Waals surface area contributed by atoms with Gasteiger partial charge in [0, 0.05) is 31.3 Å². The molecule has 1 saturated carbocycles. The fraction of sp³-hybridized carbons (Fsp3) is 0.471. The maximum atomic E-state index is 12.2. The van der Waals surface area contributed by atoms with E-state index in [4.69, 9.17) is 4.74 Å². The van der Waals surface area contributed by atoms with Gasteiger partial charge in [0.05, 0.1) is 5.41 Å². The van der Waals surface area contributed by atoms with E-state index in [1.807, 2.05) is 39.1 Å². The summed E-state index contributed by atoms with van der Waals surface area (Å²) in [7, 11) is 2.03. The van der Waals surface area contributed by atoms with E-state index < -0.39 is 0 Å². The molecular weight excluding hydrogens is 250 g/mol. The molecule has 0 spiro atoms. The van der Waals surface area contributed by atoms with Crippen LogP contribution < -0.4 is 0 Å². The summed E-state index contributed by atoms with van der Waals surface area (Å²) in [6.45, 7) is 6.35. The number of benzene rings is 1. The van der Waals surface area contributed by atoms with Crippen LogP contribution in [-0.2, 0) is 14.9 Å². The third-order valence-electron chi connectivity index (χ3n) is 4.88. The first-order chi connectivity index (χ1) is 9.51. The van der Waals surface area contributed by atoms with Crippen molar-refractivity contribution in [2.24, 2.45) is 0 Å². The highest BCUT2D eigenvalue weighted by Gasteiger charge is 2.78. The zero-order valence-electron chi connectivity index (χ0n) is 12.6. The number of allylic oxidation sites excluding steroid dienone is 1. The Hall–Kier alpha value is -1.61. The van der Waals surface area contributed by atoms with Crippen molar-refractivity contribution in [3.63, 3.8) is 0 Å². The molecular formula is C17H21NO2. The van der Waals surface area contributed by atoms with Crippen LogP contribution in [-0.4, -0.2) is 30.1 Å². The lowest BCUT2D eigenvalue weighted by atomic mass is 9.85. The normalized spacial score (nSPS) is 31.5. The second-order valence-corrected chi connectivity index (χ2v) is 5.74. The van der Waals surface area contributed by atoms with Crippen molar-refractivity contribution in [2.75, 3.05) is 13.7 Å². The number of Topliss-reactive ketones (excluding diaryl/α,β-unsaturated/α-hetero) is 1. The van der Waals surface area contributed by atoms with E-state index in [0.29, 0.717) is 6.61 Å². The van der Waals surface area contributed by atoms with Gasteiger partial charge in [-0.25, -0.2) is 0 Å². The Morgan fingerprint density at radius 1 is 1.35 bits per heavy atom. The number of hydrogen-bond donors (Lipinski definition) is 0. The quantitative estimate of drug-likeness (QED) is 0.843. The average Bonchev–Trinajstić information content (AvgIpc) is 3.04. The van der Waals surface area contributed by atoms with Crippen LogP contribution in [0, 0.1) is 0 Å². The Balaban J connectivity index is 2.19. The van der Waals surface area contributed by atoms with E-state index in [0.717, 1.165) is 17.7 Å². The fourth-order valence-corrected chi connectivity index (χ4v) is 4.01. The number of ether oxygens (including phenoxy) is 1. The van der Waals surface area contributed by atoms with Crippen molar-refractivity contribution < 1.29 is 9.53 Å². The minimum absolute atomic E-state index is 0.150. The van der Waals surface area contributed by atoms with Crippen molar-refractivity contribution in [2.45, 2.75) is 38.3 Å². The molecule has 1 aliphatic carbocycles. The predicted octanol–water partition coefficient (Wildman–Crippen LogP) is 2.87. The molecule has 1 aromatic rings. The largest absolute Gasteiger partial charge is 0.355 e. The Bertz CT molecular complexity index is 592. The molecule has 2 atom stereocenters. The third kappa shape index (κ3) is 1.36. The molecule has 1 fully saturated rings. The number of ketones is 1. The number of fused-ring (bicyclic) bond motifs is 1. The summed E-state index contributed by atoms with van der Waals surface area (Å²) in [5.74, 6) is 0.150. The first-order valence-electron chi connectivity index (χ1n) is 7.17. The maximum Gasteiger partial charge on any atom is 0.158 e. The van der Waals surface area contributed by atoms with Gasteiger partial charge < -0.3 is 9.64 Å². The number of nitrogens with zero attached hydrogens (tertiary/aromatic N) is 1. The van der Waals surface area contributed by atoms with E-state index in [9.17, 15) is 4.79 Å². The van der Waals surface area contributed by atoms with E-state index >= 15 is 0 Å². The number of rotatable bonds is 4. The van der Waals surface area contributed by atoms with Gasteiger partial charge in [-0.05, 0) is 26.3 Å². The highest BCUT2D eigenvalue weighted by atomic mass is 16.5. The third-order valence-corrected chi connectivity index (χ3v) is 4.88. The van der Waals surface area contributed by atoms with Crippen molar-refractivity contribution in [1.82, 2.24) is 4.90 Å². The molecule has 0 N–H and O–H groups in total. The summed E-state index contributed by atoms with van der Waals surface area (Å²) in [4.78, 5) is 14.4. The van der Waals surface area contributed by atoms with Gasteiger partial charge in [0.2, 0.25) is 0 Å². The van der Waals surface area contributed by atoms with Gasteiger partial charge in [0.1, 0.15) is 0 Å². The molecule has 1 heterocycles. The topological polar surface area (TPSA) is 29.5 Å². The Morgan fingerprint density at radius 3 is 2.55 bits per heavy atom. The zero-order chi connectivity index (χ0) is 14.5. The standard InChI is InChI=1S/C17H21NO2/c1-5-20-17-11-16(17,14-9-7-6-8-10-14)15(13(3)19)12(2)18(17)4/h6-10H,5,11H2,1-4H3. The molecule has 0 saturated heterocycles. The summed E-state index contributed by atoms with van der Waals surface area (Å²) in [6, 6.07) is 10.3. The number of hydrogen-bond acceptors (Lipinski definition) is 3. The molecule has 1 aliphatic heterocycles. The Morgan fingerprint density at radius 2 is 2.00 bits per heavy atom. The molecule has 0 bridgehead atoms. The second-order valence-electron chi connectivity index (χ2n) is 5.74. The molecule has 0 radical (unpaired) electrons. The first kappa shape index (κ1) is 13.4. The Labute approximate surface area is 120 Å². The summed E-state index contributed by atoms with van der Waals surface area (Å²) >= 11 is 0. The highest BCUT2D eigenvalue weighted by molar-refractivity contribution is 5.99. The number of likely N-dealkylation sites (N-methyl/N-ethyl adjacent to an activating group) is 1. The second kappa shape index (κ2) is 4.19. The first-order valence-corrected chi connectivity index (χ1v) is 7.17. The molecule has 2 aliphatic rings. The van der Waals surface area contributed by atoms with Crippen LogP contribution in [0.25, 0.3) is 0 Å². The van der Waals surface area contributed by atoms with E-state index in [2.05, 4.69) is 17.0 Å². The molecule has 3 rings (SSSR count). The SMILES string of the molecule is CCOC12CC1(c1ccccc1)C(C(C)=O)=C(C)N2C. The molecule has 2 unspecified atom stereocenters. The molecule has 106 valence electrons. The molecule has 0 amide bonds. The van der Waals surface area contributed by atoms with Gasteiger partial charge in [-0.2, -0.15) is 0 Å². The van der Waals surface area contributed by atoms with Gasteiger partial charge in [-0.3, -0.25) is 4.79 Å². The summed E-state index contributed by atoms with van der Waals surface area (Å²) in [6.07, 6.45) is 0.862. The smallest absolute Gasteiger partial charge is 0.158 e. The minimum Gasteiger partial charge on any atom is -0.355 e. The van der Waals surface area contributed by atoms with Gasteiger partial charge in [-0.15, -0.1) is 0 Å². The molecule has 0 aromatic heterocycles. The van der Waals surface area contributed by atoms with Gasteiger partial charge in [-0.1, -0.05) is 30.3 Å². The minimum atomic E-state index is -0.367. The summed E-state index contributed by atoms with van der Waals surface area (Å²) in [5.41, 5.74) is 2.49. The Kier molecular flexibility index (Phi) is 2.80. The fourth-order valence-electron chi connectivity index (χ4n) is 4.01. The lowest BCUT2D eigenvalue weighted by Crippen LogP contribution is -2.37. The highest BCUT2D eigenvalue weighted by Crippen LogP contribution is 2.70. The average molecular weight is 271 g/mol. The van der Waals surface area contributed by atoms with Crippen LogP contribution in [0.3, 0.4) is 0 Å². The van der Waals surface area contributed by atoms with Crippen molar-refractivity contribution >= 4 is 5.78 Å². The van der Waals surface area contributed by atoms with Crippen molar-refractivity contribution in [1.29, 1.82) is 0 Å². The van der Waals surface area contributed by atoms with E-state index in [1.165, 1.54) is 5.56 Å². The summed E-state index contributed by atoms with van der Waals surface area (Å²) in [5, 5.41) is 0. The van der Waals surface area contributed by atoms with Gasteiger partial charge >= 0.3 is 0 Å². The van der Waals surface area contributed by atoms with Crippen LogP contribution in [0.4, 0.5) is 0 Å². The lowest BCUT2D eigenvalue weighted by Gasteiger charge is -2.28. The van der Waals surface area contributed by atoms with Crippen LogP contribution in [0.15, 0.2) is 41.6 Å². The lowest BCUT2D eigenvalue weighted by molar-refractivity contribution is -0.114. The summed E-state index contributed by atoms with van der Waals surface area (Å²) < 4.78 is 6.12. The number of carbonyl (C=O) groups excluding carboxylic acids is 1. The monoisotopic (exact) mass is 271 g/mol. The van der Waals surface area contributed by atoms with Crippen LogP contribution in [0.2, 0.25) is 0 Å². The van der Waals surface area contributed by atoms with Crippen molar-refractivity contribution in [3.8, 4) is 0 Å². The zero-order valence-corrected chi connectivity index (χ0v) is 12.6. The van der Waals surface area contributed by atoms with Crippen LogP contribution >= 0.6 is 0 Å². The van der Waals surface area contributed by atoms with Crippen LogP contribution in [0.5, 0.6) is 0 Å². The predicted molar refractivity (Wildman–Crippen MR) is 78.2 cm³/mol. The molecule has 3 nitrogen and oxygen atoms in total. The van der Waals surface area contributed by atoms with Gasteiger partial charge in [0.25, 0.3) is 0 Å². The maximum absolute atomic E-state index is 12.2. The molecule has 1 aromatic carbocycles. The number of carbonyl (C=O) groups is 1. The van der Waals surface area contributed by atoms with E-state index in [-0.39, 0.29) is 16.9 Å².